The van der Waals surface area contributed by atoms with Gasteiger partial charge < -0.3 is 4.90 Å². The Morgan fingerprint density at radius 1 is 1.25 bits per heavy atom. The summed E-state index contributed by atoms with van der Waals surface area (Å²) in [5, 5.41) is 7.69. The van der Waals surface area contributed by atoms with Crippen LogP contribution in [0.1, 0.15) is 46.6 Å². The molecule has 0 saturated carbocycles. The van der Waals surface area contributed by atoms with E-state index in [9.17, 15) is 18.0 Å². The first-order chi connectivity index (χ1) is 13.2. The number of aromatic amines is 1. The highest BCUT2D eigenvalue weighted by Gasteiger charge is 2.36. The molecule has 0 bridgehead atoms. The van der Waals surface area contributed by atoms with Gasteiger partial charge in [-0.2, -0.15) is 18.3 Å². The maximum atomic E-state index is 13.2. The van der Waals surface area contributed by atoms with E-state index >= 15 is 0 Å². The number of H-pyrrole nitrogens is 1. The molecular weight excluding hydrogens is 369 g/mol. The second-order valence-corrected chi connectivity index (χ2v) is 7.38. The number of aryl methyl sites for hydroxylation is 1. The smallest absolute Gasteiger partial charge is 0.331 e. The van der Waals surface area contributed by atoms with Gasteiger partial charge >= 0.3 is 6.18 Å². The molecule has 0 spiro atoms. The fourth-order valence-corrected chi connectivity index (χ4v) is 3.78. The van der Waals surface area contributed by atoms with Crippen molar-refractivity contribution in [2.24, 2.45) is 5.92 Å². The third-order valence-electron chi connectivity index (χ3n) is 5.24. The summed E-state index contributed by atoms with van der Waals surface area (Å²) < 4.78 is 38.5. The minimum absolute atomic E-state index is 0.177. The van der Waals surface area contributed by atoms with Crippen molar-refractivity contribution in [3.63, 3.8) is 0 Å². The average Bonchev–Trinajstić information content (AvgIpc) is 3.23. The van der Waals surface area contributed by atoms with Crippen molar-refractivity contribution in [1.29, 1.82) is 0 Å². The van der Waals surface area contributed by atoms with Crippen LogP contribution in [0, 0.1) is 12.8 Å². The van der Waals surface area contributed by atoms with E-state index in [1.807, 2.05) is 13.8 Å². The molecule has 0 radical (unpaired) electrons. The SMILES string of the molecule is Cc1[nH]nc2ncc(C(=O)N3C[C@@H](C)C[C@H]3c3ccc(C(F)(F)F)cc3)cc12. The number of fused-ring (bicyclic) bond motifs is 1. The molecule has 1 fully saturated rings. The maximum Gasteiger partial charge on any atom is 0.416 e. The van der Waals surface area contributed by atoms with Crippen LogP contribution in [0.5, 0.6) is 0 Å². The third-order valence-corrected chi connectivity index (χ3v) is 5.24. The van der Waals surface area contributed by atoms with E-state index < -0.39 is 11.7 Å². The van der Waals surface area contributed by atoms with Crippen LogP contribution in [-0.2, 0) is 6.18 Å². The number of hydrogen-bond acceptors (Lipinski definition) is 3. The van der Waals surface area contributed by atoms with Crippen LogP contribution < -0.4 is 0 Å². The molecule has 0 aliphatic carbocycles. The lowest BCUT2D eigenvalue weighted by atomic mass is 9.99. The highest BCUT2D eigenvalue weighted by Crippen LogP contribution is 2.38. The predicted molar refractivity (Wildman–Crippen MR) is 97.6 cm³/mol. The summed E-state index contributed by atoms with van der Waals surface area (Å²) in [6.45, 7) is 4.44. The van der Waals surface area contributed by atoms with Gasteiger partial charge in [-0.05, 0) is 43.0 Å². The molecule has 1 saturated heterocycles. The minimum Gasteiger partial charge on any atom is -0.331 e. The standard InChI is InChI=1S/C20H19F3N4O/c1-11-7-17(13-3-5-15(6-4-13)20(21,22)23)27(10-11)19(28)14-8-16-12(2)25-26-18(16)24-9-14/h3-6,8-9,11,17H,7,10H2,1-2H3,(H,24,25,26)/t11-,17-/m0/s1. The molecule has 146 valence electrons. The zero-order valence-electron chi connectivity index (χ0n) is 15.4. The van der Waals surface area contributed by atoms with Gasteiger partial charge in [0, 0.05) is 23.8 Å². The third kappa shape index (κ3) is 3.23. The molecule has 1 aliphatic rings. The molecule has 4 rings (SSSR count). The number of halogens is 3. The average molecular weight is 388 g/mol. The Labute approximate surface area is 159 Å². The number of aromatic nitrogens is 3. The molecular formula is C20H19F3N4O. The van der Waals surface area contributed by atoms with Gasteiger partial charge in [0.2, 0.25) is 0 Å². The lowest BCUT2D eigenvalue weighted by Crippen LogP contribution is -2.31. The number of nitrogens with zero attached hydrogens (tertiary/aromatic N) is 3. The summed E-state index contributed by atoms with van der Waals surface area (Å²) in [6.07, 6.45) is -2.17. The fraction of sp³-hybridized carbons (Fsp3) is 0.350. The Bertz CT molecular complexity index is 1030. The Morgan fingerprint density at radius 3 is 2.64 bits per heavy atom. The predicted octanol–water partition coefficient (Wildman–Crippen LogP) is 4.51. The number of nitrogens with one attached hydrogen (secondary N) is 1. The molecule has 5 nitrogen and oxygen atoms in total. The van der Waals surface area contributed by atoms with E-state index in [1.165, 1.54) is 18.3 Å². The Kier molecular flexibility index (Phi) is 4.36. The van der Waals surface area contributed by atoms with Gasteiger partial charge in [0.1, 0.15) is 0 Å². The molecule has 3 aromatic rings. The van der Waals surface area contributed by atoms with Crippen molar-refractivity contribution in [2.75, 3.05) is 6.54 Å². The van der Waals surface area contributed by atoms with E-state index in [0.717, 1.165) is 23.2 Å². The number of likely N-dealkylation sites (tertiary alicyclic amines) is 1. The molecule has 1 aromatic carbocycles. The van der Waals surface area contributed by atoms with Crippen molar-refractivity contribution < 1.29 is 18.0 Å². The minimum atomic E-state index is -4.37. The number of hydrogen-bond donors (Lipinski definition) is 1. The lowest BCUT2D eigenvalue weighted by Gasteiger charge is -2.25. The van der Waals surface area contributed by atoms with Crippen molar-refractivity contribution in [3.8, 4) is 0 Å². The first-order valence-electron chi connectivity index (χ1n) is 9.03. The van der Waals surface area contributed by atoms with E-state index in [4.69, 9.17) is 0 Å². The highest BCUT2D eigenvalue weighted by atomic mass is 19.4. The molecule has 2 atom stereocenters. The number of benzene rings is 1. The highest BCUT2D eigenvalue weighted by molar-refractivity contribution is 5.97. The second kappa shape index (κ2) is 6.61. The van der Waals surface area contributed by atoms with E-state index in [2.05, 4.69) is 15.2 Å². The van der Waals surface area contributed by atoms with E-state index in [1.54, 1.807) is 11.0 Å². The van der Waals surface area contributed by atoms with Gasteiger partial charge in [-0.3, -0.25) is 9.89 Å². The van der Waals surface area contributed by atoms with E-state index in [0.29, 0.717) is 29.7 Å². The number of amides is 1. The van der Waals surface area contributed by atoms with Gasteiger partial charge in [-0.15, -0.1) is 0 Å². The Hall–Kier alpha value is -2.90. The quantitative estimate of drug-likeness (QED) is 0.703. The summed E-state index contributed by atoms with van der Waals surface area (Å²) in [6, 6.07) is 6.58. The van der Waals surface area contributed by atoms with Gasteiger partial charge in [0.15, 0.2) is 5.65 Å². The zero-order chi connectivity index (χ0) is 20.1. The number of carbonyl (C=O) groups is 1. The van der Waals surface area contributed by atoms with Crippen molar-refractivity contribution >= 4 is 16.9 Å². The molecule has 3 heterocycles. The monoisotopic (exact) mass is 388 g/mol. The van der Waals surface area contributed by atoms with Crippen molar-refractivity contribution in [1.82, 2.24) is 20.1 Å². The van der Waals surface area contributed by atoms with Crippen LogP contribution in [0.15, 0.2) is 36.5 Å². The molecule has 28 heavy (non-hydrogen) atoms. The Balaban J connectivity index is 1.64. The van der Waals surface area contributed by atoms with Crippen LogP contribution in [-0.4, -0.2) is 32.5 Å². The summed E-state index contributed by atoms with van der Waals surface area (Å²) >= 11 is 0. The molecule has 2 aromatic heterocycles. The molecule has 1 aliphatic heterocycles. The zero-order valence-corrected chi connectivity index (χ0v) is 15.4. The van der Waals surface area contributed by atoms with E-state index in [-0.39, 0.29) is 17.9 Å². The number of rotatable bonds is 2. The largest absolute Gasteiger partial charge is 0.416 e. The van der Waals surface area contributed by atoms with Gasteiger partial charge in [-0.1, -0.05) is 19.1 Å². The number of alkyl halides is 3. The number of carbonyl (C=O) groups excluding carboxylic acids is 1. The molecule has 0 unspecified atom stereocenters. The second-order valence-electron chi connectivity index (χ2n) is 7.38. The van der Waals surface area contributed by atoms with Crippen LogP contribution in [0.4, 0.5) is 13.2 Å². The Morgan fingerprint density at radius 2 is 1.96 bits per heavy atom. The lowest BCUT2D eigenvalue weighted by molar-refractivity contribution is -0.137. The normalized spacial score (nSPS) is 20.1. The maximum absolute atomic E-state index is 13.2. The molecule has 1 amide bonds. The van der Waals surface area contributed by atoms with Crippen molar-refractivity contribution in [2.45, 2.75) is 32.5 Å². The van der Waals surface area contributed by atoms with Gasteiger partial charge in [-0.25, -0.2) is 4.98 Å². The first kappa shape index (κ1) is 18.5. The van der Waals surface area contributed by atoms with Crippen LogP contribution in [0.2, 0.25) is 0 Å². The van der Waals surface area contributed by atoms with Crippen LogP contribution in [0.3, 0.4) is 0 Å². The summed E-state index contributed by atoms with van der Waals surface area (Å²) in [5.41, 5.74) is 1.84. The molecule has 8 heteroatoms. The first-order valence-corrected chi connectivity index (χ1v) is 9.03. The topological polar surface area (TPSA) is 61.9 Å². The van der Waals surface area contributed by atoms with Crippen LogP contribution in [0.25, 0.3) is 11.0 Å². The van der Waals surface area contributed by atoms with Gasteiger partial charge in [0.05, 0.1) is 17.2 Å². The fourth-order valence-electron chi connectivity index (χ4n) is 3.78. The van der Waals surface area contributed by atoms with Crippen molar-refractivity contribution in [3.05, 3.63) is 58.9 Å². The molecule has 1 N–H and O–H groups in total. The summed E-state index contributed by atoms with van der Waals surface area (Å²) in [4.78, 5) is 19.1. The van der Waals surface area contributed by atoms with Crippen LogP contribution >= 0.6 is 0 Å². The van der Waals surface area contributed by atoms with Gasteiger partial charge in [0.25, 0.3) is 5.91 Å². The summed E-state index contributed by atoms with van der Waals surface area (Å²) in [5.74, 6) is 0.0767. The summed E-state index contributed by atoms with van der Waals surface area (Å²) in [7, 11) is 0. The number of pyridine rings is 1.